The molecule has 8 heteroatoms. The van der Waals surface area contributed by atoms with E-state index in [2.05, 4.69) is 15.5 Å². The predicted octanol–water partition coefficient (Wildman–Crippen LogP) is 2.19. The minimum atomic E-state index is -1.12. The van der Waals surface area contributed by atoms with E-state index in [4.69, 9.17) is 16.7 Å². The number of carboxylic acids is 1. The molecule has 20 heavy (non-hydrogen) atoms. The Morgan fingerprint density at radius 3 is 2.60 bits per heavy atom. The molecule has 0 aliphatic carbocycles. The van der Waals surface area contributed by atoms with Crippen LogP contribution in [0.1, 0.15) is 0 Å². The fraction of sp³-hybridized carbons (Fsp3) is 0.0833. The highest BCUT2D eigenvalue weighted by Crippen LogP contribution is 2.19. The minimum absolute atomic E-state index is 0.429. The number of carboxylic acid groups (broad SMARTS) is 1. The number of aliphatic carboxylic acids is 1. The van der Waals surface area contributed by atoms with Crippen LogP contribution in [-0.4, -0.2) is 33.8 Å². The van der Waals surface area contributed by atoms with Gasteiger partial charge < -0.3 is 10.4 Å². The van der Waals surface area contributed by atoms with Gasteiger partial charge in [-0.1, -0.05) is 11.6 Å². The van der Waals surface area contributed by atoms with Gasteiger partial charge in [-0.15, -0.1) is 0 Å². The number of nitrogens with zero attached hydrogens (tertiary/aromatic N) is 2. The average Bonchev–Trinajstić information content (AvgIpc) is 2.89. The summed E-state index contributed by atoms with van der Waals surface area (Å²) in [5.74, 6) is -1.12. The number of hydrogen-bond acceptors (Lipinski definition) is 3. The molecule has 0 spiro atoms. The van der Waals surface area contributed by atoms with Crippen molar-refractivity contribution in [3.63, 3.8) is 0 Å². The van der Waals surface area contributed by atoms with Gasteiger partial charge >= 0.3 is 12.0 Å². The van der Waals surface area contributed by atoms with Crippen LogP contribution in [0.5, 0.6) is 0 Å². The third-order valence-electron chi connectivity index (χ3n) is 2.43. The molecule has 1 aromatic heterocycles. The zero-order chi connectivity index (χ0) is 14.5. The standard InChI is InChI=1S/C12H11ClN4O3/c13-8-1-3-10(4-2-8)17(7-11(18)19)12(20)16-9-5-14-15-6-9/h1-6H,7H2,(H,14,15)(H,16,20)(H,18,19). The van der Waals surface area contributed by atoms with Gasteiger partial charge in [0.1, 0.15) is 6.54 Å². The van der Waals surface area contributed by atoms with Crippen LogP contribution >= 0.6 is 11.6 Å². The Morgan fingerprint density at radius 2 is 2.05 bits per heavy atom. The lowest BCUT2D eigenvalue weighted by atomic mass is 10.3. The summed E-state index contributed by atoms with van der Waals surface area (Å²) in [6.45, 7) is -0.467. The molecule has 0 fully saturated rings. The van der Waals surface area contributed by atoms with Crippen LogP contribution in [0.2, 0.25) is 5.02 Å². The number of carbonyl (C=O) groups is 2. The van der Waals surface area contributed by atoms with Crippen LogP contribution in [0.3, 0.4) is 0 Å². The molecule has 0 unspecified atom stereocenters. The van der Waals surface area contributed by atoms with Gasteiger partial charge in [-0.3, -0.25) is 14.8 Å². The zero-order valence-electron chi connectivity index (χ0n) is 10.2. The number of carbonyl (C=O) groups excluding carboxylic acids is 1. The van der Waals surface area contributed by atoms with E-state index in [1.54, 1.807) is 24.3 Å². The van der Waals surface area contributed by atoms with Gasteiger partial charge in [0.2, 0.25) is 0 Å². The number of benzene rings is 1. The quantitative estimate of drug-likeness (QED) is 0.805. The van der Waals surface area contributed by atoms with Crippen LogP contribution < -0.4 is 10.2 Å². The van der Waals surface area contributed by atoms with Crippen LogP contribution in [-0.2, 0) is 4.79 Å². The first-order valence-electron chi connectivity index (χ1n) is 5.61. The smallest absolute Gasteiger partial charge is 0.326 e. The first-order valence-corrected chi connectivity index (χ1v) is 5.98. The SMILES string of the molecule is O=C(O)CN(C(=O)Nc1cn[nH]c1)c1ccc(Cl)cc1. The van der Waals surface area contributed by atoms with Crippen molar-refractivity contribution in [1.82, 2.24) is 10.2 Å². The van der Waals surface area contributed by atoms with Crippen molar-refractivity contribution in [2.45, 2.75) is 0 Å². The summed E-state index contributed by atoms with van der Waals surface area (Å²) in [5.41, 5.74) is 0.872. The largest absolute Gasteiger partial charge is 0.480 e. The van der Waals surface area contributed by atoms with E-state index in [0.717, 1.165) is 4.90 Å². The maximum absolute atomic E-state index is 12.1. The van der Waals surface area contributed by atoms with Crippen molar-refractivity contribution >= 4 is 35.0 Å². The Labute approximate surface area is 119 Å². The van der Waals surface area contributed by atoms with E-state index in [-0.39, 0.29) is 0 Å². The normalized spacial score (nSPS) is 10.1. The second kappa shape index (κ2) is 6.07. The van der Waals surface area contributed by atoms with Gasteiger partial charge in [-0.05, 0) is 24.3 Å². The highest BCUT2D eigenvalue weighted by atomic mass is 35.5. The summed E-state index contributed by atoms with van der Waals surface area (Å²) in [5, 5.41) is 18.2. The molecule has 2 aromatic rings. The fourth-order valence-electron chi connectivity index (χ4n) is 1.55. The summed E-state index contributed by atoms with van der Waals surface area (Å²) in [6, 6.07) is 5.73. The van der Waals surface area contributed by atoms with Gasteiger partial charge in [0.25, 0.3) is 0 Å². The highest BCUT2D eigenvalue weighted by Gasteiger charge is 2.19. The van der Waals surface area contributed by atoms with E-state index in [9.17, 15) is 9.59 Å². The van der Waals surface area contributed by atoms with E-state index in [1.165, 1.54) is 12.4 Å². The van der Waals surface area contributed by atoms with Crippen LogP contribution in [0, 0.1) is 0 Å². The van der Waals surface area contributed by atoms with Crippen LogP contribution in [0.15, 0.2) is 36.7 Å². The summed E-state index contributed by atoms with van der Waals surface area (Å²) in [4.78, 5) is 24.1. The lowest BCUT2D eigenvalue weighted by molar-refractivity contribution is -0.135. The number of H-pyrrole nitrogens is 1. The van der Waals surface area contributed by atoms with Gasteiger partial charge in [-0.25, -0.2) is 4.79 Å². The third-order valence-corrected chi connectivity index (χ3v) is 2.68. The van der Waals surface area contributed by atoms with E-state index >= 15 is 0 Å². The lowest BCUT2D eigenvalue weighted by Gasteiger charge is -2.20. The van der Waals surface area contributed by atoms with E-state index < -0.39 is 18.5 Å². The predicted molar refractivity (Wildman–Crippen MR) is 74.0 cm³/mol. The average molecular weight is 295 g/mol. The highest BCUT2D eigenvalue weighted by molar-refractivity contribution is 6.30. The van der Waals surface area contributed by atoms with Crippen molar-refractivity contribution < 1.29 is 14.7 Å². The van der Waals surface area contributed by atoms with Crippen molar-refractivity contribution in [1.29, 1.82) is 0 Å². The Morgan fingerprint density at radius 1 is 1.35 bits per heavy atom. The molecule has 0 atom stereocenters. The summed E-state index contributed by atoms with van der Waals surface area (Å²) >= 11 is 5.77. The molecule has 0 saturated carbocycles. The minimum Gasteiger partial charge on any atom is -0.480 e. The molecule has 0 saturated heterocycles. The van der Waals surface area contributed by atoms with Gasteiger partial charge in [0.15, 0.2) is 0 Å². The van der Waals surface area contributed by atoms with Crippen molar-refractivity contribution in [2.75, 3.05) is 16.8 Å². The second-order valence-corrected chi connectivity index (χ2v) is 4.31. The molecule has 104 valence electrons. The molecule has 0 aliphatic heterocycles. The molecule has 1 aromatic carbocycles. The number of halogens is 1. The number of rotatable bonds is 4. The van der Waals surface area contributed by atoms with Crippen LogP contribution in [0.4, 0.5) is 16.2 Å². The third kappa shape index (κ3) is 3.48. The number of aromatic amines is 1. The molecule has 7 nitrogen and oxygen atoms in total. The maximum atomic E-state index is 12.1. The van der Waals surface area contributed by atoms with E-state index in [0.29, 0.717) is 16.4 Å². The molecule has 3 N–H and O–H groups in total. The maximum Gasteiger partial charge on any atom is 0.326 e. The second-order valence-electron chi connectivity index (χ2n) is 3.87. The summed E-state index contributed by atoms with van der Waals surface area (Å²) < 4.78 is 0. The van der Waals surface area contributed by atoms with Gasteiger partial charge in [-0.2, -0.15) is 5.10 Å². The Bertz CT molecular complexity index is 598. The molecular formula is C12H11ClN4O3. The molecule has 1 heterocycles. The van der Waals surface area contributed by atoms with Crippen molar-refractivity contribution in [3.8, 4) is 0 Å². The molecular weight excluding hydrogens is 284 g/mol. The molecule has 2 amide bonds. The number of anilines is 2. The molecule has 0 bridgehead atoms. The summed E-state index contributed by atoms with van der Waals surface area (Å²) in [6.07, 6.45) is 2.90. The number of amides is 2. The summed E-state index contributed by atoms with van der Waals surface area (Å²) in [7, 11) is 0. The van der Waals surface area contributed by atoms with Crippen LogP contribution in [0.25, 0.3) is 0 Å². The van der Waals surface area contributed by atoms with Crippen molar-refractivity contribution in [3.05, 3.63) is 41.7 Å². The fourth-order valence-corrected chi connectivity index (χ4v) is 1.67. The molecule has 2 rings (SSSR count). The number of urea groups is 1. The molecule has 0 radical (unpaired) electrons. The topological polar surface area (TPSA) is 98.3 Å². The van der Waals surface area contributed by atoms with Gasteiger partial charge in [0.05, 0.1) is 11.9 Å². The number of aromatic nitrogens is 2. The Kier molecular flexibility index (Phi) is 4.21. The lowest BCUT2D eigenvalue weighted by Crippen LogP contribution is -2.38. The zero-order valence-corrected chi connectivity index (χ0v) is 11.0. The first-order chi connectivity index (χ1) is 9.56. The Hall–Kier alpha value is -2.54. The van der Waals surface area contributed by atoms with Crippen molar-refractivity contribution in [2.24, 2.45) is 0 Å². The first kappa shape index (κ1) is 13.9. The number of hydrogen-bond donors (Lipinski definition) is 3. The monoisotopic (exact) mass is 294 g/mol. The van der Waals surface area contributed by atoms with Gasteiger partial charge in [0, 0.05) is 16.9 Å². The number of nitrogens with one attached hydrogen (secondary N) is 2. The van der Waals surface area contributed by atoms with E-state index in [1.807, 2.05) is 0 Å². The Balaban J connectivity index is 2.20. The molecule has 0 aliphatic rings.